The van der Waals surface area contributed by atoms with Gasteiger partial charge in [-0.1, -0.05) is 176 Å². The summed E-state index contributed by atoms with van der Waals surface area (Å²) in [5.74, 6) is 0. The first-order valence-corrected chi connectivity index (χ1v) is 22.3. The number of aromatic nitrogens is 1. The number of fused-ring (bicyclic) bond motifs is 6. The van der Waals surface area contributed by atoms with E-state index in [0.29, 0.717) is 0 Å². The van der Waals surface area contributed by atoms with E-state index >= 15 is 0 Å². The summed E-state index contributed by atoms with van der Waals surface area (Å²) in [7, 11) is 0. The molecule has 12 rings (SSSR count). The van der Waals surface area contributed by atoms with Gasteiger partial charge in [0, 0.05) is 43.2 Å². The highest BCUT2D eigenvalue weighted by Gasteiger charge is 2.22. The SMILES string of the molecule is c1ccc(-c2ccc(N(c3ccccc3-c3cccc(-n4c5ccc(-c6ccccc6)cc5c5cc(-c6ccccc6)ccc54)c3)c3cccc4c3sc3ccccc34)cc2)cc1. The van der Waals surface area contributed by atoms with Gasteiger partial charge in [0.1, 0.15) is 0 Å². The first-order valence-electron chi connectivity index (χ1n) is 21.5. The third kappa shape index (κ3) is 6.50. The fourth-order valence-corrected chi connectivity index (χ4v) is 10.6. The van der Waals surface area contributed by atoms with Gasteiger partial charge in [-0.2, -0.15) is 0 Å². The van der Waals surface area contributed by atoms with E-state index in [0.717, 1.165) is 33.9 Å². The van der Waals surface area contributed by atoms with Crippen molar-refractivity contribution in [2.75, 3.05) is 4.90 Å². The van der Waals surface area contributed by atoms with Crippen LogP contribution in [0.15, 0.2) is 243 Å². The van der Waals surface area contributed by atoms with E-state index in [1.165, 1.54) is 75.4 Å². The van der Waals surface area contributed by atoms with E-state index in [-0.39, 0.29) is 0 Å². The Morgan fingerprint density at radius 1 is 0.317 bits per heavy atom. The lowest BCUT2D eigenvalue weighted by atomic mass is 10.00. The van der Waals surface area contributed by atoms with Gasteiger partial charge in [0.05, 0.1) is 27.1 Å². The predicted molar refractivity (Wildman–Crippen MR) is 270 cm³/mol. The highest BCUT2D eigenvalue weighted by molar-refractivity contribution is 7.26. The minimum atomic E-state index is 1.11. The smallest absolute Gasteiger partial charge is 0.0640 e. The highest BCUT2D eigenvalue weighted by atomic mass is 32.1. The molecule has 0 fully saturated rings. The number of rotatable bonds is 8. The Kier molecular flexibility index (Phi) is 9.06. The molecule has 0 saturated carbocycles. The van der Waals surface area contributed by atoms with Gasteiger partial charge in [-0.15, -0.1) is 11.3 Å². The molecule has 2 nitrogen and oxygen atoms in total. The summed E-state index contributed by atoms with van der Waals surface area (Å²) < 4.78 is 5.00. The van der Waals surface area contributed by atoms with Crippen molar-refractivity contribution in [1.82, 2.24) is 4.57 Å². The summed E-state index contributed by atoms with van der Waals surface area (Å²) in [6.07, 6.45) is 0. The lowest BCUT2D eigenvalue weighted by Gasteiger charge is -2.28. The normalized spacial score (nSPS) is 11.5. The summed E-state index contributed by atoms with van der Waals surface area (Å²) in [6, 6.07) is 88.4. The van der Waals surface area contributed by atoms with Gasteiger partial charge in [-0.25, -0.2) is 0 Å². The number of hydrogen-bond donors (Lipinski definition) is 0. The molecule has 63 heavy (non-hydrogen) atoms. The van der Waals surface area contributed by atoms with Crippen LogP contribution in [0.5, 0.6) is 0 Å². The van der Waals surface area contributed by atoms with Gasteiger partial charge < -0.3 is 9.47 Å². The second-order valence-corrected chi connectivity index (χ2v) is 17.2. The summed E-state index contributed by atoms with van der Waals surface area (Å²) in [6.45, 7) is 0. The molecule has 0 atom stereocenters. The molecule has 0 aliphatic heterocycles. The van der Waals surface area contributed by atoms with E-state index in [1.807, 2.05) is 11.3 Å². The summed E-state index contributed by atoms with van der Waals surface area (Å²) >= 11 is 1.86. The second-order valence-electron chi connectivity index (χ2n) is 16.1. The van der Waals surface area contributed by atoms with E-state index in [2.05, 4.69) is 252 Å². The molecule has 2 heterocycles. The maximum absolute atomic E-state index is 2.46. The van der Waals surface area contributed by atoms with E-state index < -0.39 is 0 Å². The van der Waals surface area contributed by atoms with Crippen LogP contribution in [-0.2, 0) is 0 Å². The fourth-order valence-electron chi connectivity index (χ4n) is 9.40. The monoisotopic (exact) mass is 820 g/mol. The molecule has 0 N–H and O–H groups in total. The van der Waals surface area contributed by atoms with Gasteiger partial charge in [0.25, 0.3) is 0 Å². The van der Waals surface area contributed by atoms with Crippen LogP contribution in [0.1, 0.15) is 0 Å². The van der Waals surface area contributed by atoms with Crippen LogP contribution in [0.4, 0.5) is 17.1 Å². The topological polar surface area (TPSA) is 8.17 Å². The van der Waals surface area contributed by atoms with Crippen molar-refractivity contribution in [1.29, 1.82) is 0 Å². The average Bonchev–Trinajstić information content (AvgIpc) is 3.91. The molecule has 3 heteroatoms. The molecule has 10 aromatic carbocycles. The number of benzene rings is 10. The summed E-state index contributed by atoms with van der Waals surface area (Å²) in [5, 5.41) is 5.03. The quantitative estimate of drug-likeness (QED) is 0.148. The molecule has 0 unspecified atom stereocenters. The Labute approximate surface area is 370 Å². The molecular formula is C60H40N2S. The van der Waals surface area contributed by atoms with Crippen molar-refractivity contribution in [2.45, 2.75) is 0 Å². The van der Waals surface area contributed by atoms with Crippen LogP contribution in [0.25, 0.3) is 92.2 Å². The zero-order valence-corrected chi connectivity index (χ0v) is 35.2. The van der Waals surface area contributed by atoms with Gasteiger partial charge in [-0.3, -0.25) is 0 Å². The molecule has 0 amide bonds. The van der Waals surface area contributed by atoms with Crippen LogP contribution in [0.3, 0.4) is 0 Å². The van der Waals surface area contributed by atoms with E-state index in [1.54, 1.807) is 0 Å². The predicted octanol–water partition coefficient (Wildman–Crippen LogP) is 17.3. The highest BCUT2D eigenvalue weighted by Crippen LogP contribution is 2.48. The third-order valence-electron chi connectivity index (χ3n) is 12.4. The van der Waals surface area contributed by atoms with Crippen LogP contribution in [0, 0.1) is 0 Å². The van der Waals surface area contributed by atoms with E-state index in [9.17, 15) is 0 Å². The molecule has 0 radical (unpaired) electrons. The Bertz CT molecular complexity index is 3510. The first kappa shape index (κ1) is 36.8. The Balaban J connectivity index is 1.04. The van der Waals surface area contributed by atoms with Gasteiger partial charge in [0.2, 0.25) is 0 Å². The molecule has 0 saturated heterocycles. The first-order chi connectivity index (χ1) is 31.2. The maximum Gasteiger partial charge on any atom is 0.0640 e. The average molecular weight is 821 g/mol. The fraction of sp³-hybridized carbons (Fsp3) is 0. The molecule has 0 bridgehead atoms. The van der Waals surface area contributed by atoms with Gasteiger partial charge in [-0.05, 0) is 106 Å². The largest absolute Gasteiger partial charge is 0.309 e. The number of hydrogen-bond acceptors (Lipinski definition) is 2. The van der Waals surface area contributed by atoms with Crippen molar-refractivity contribution in [3.8, 4) is 50.2 Å². The lowest BCUT2D eigenvalue weighted by Crippen LogP contribution is -2.11. The molecule has 296 valence electrons. The molecule has 0 aliphatic carbocycles. The molecule has 2 aromatic heterocycles. The van der Waals surface area contributed by atoms with Crippen molar-refractivity contribution < 1.29 is 0 Å². The Hall–Kier alpha value is -7.98. The second kappa shape index (κ2) is 15.5. The zero-order valence-electron chi connectivity index (χ0n) is 34.4. The van der Waals surface area contributed by atoms with Gasteiger partial charge in [0.15, 0.2) is 0 Å². The standard InChI is InChI=1S/C60H40N2S/c1-4-16-41(17-5-1)44-30-34-48(35-31-44)61(58-28-15-26-52-51-25-11-13-29-59(51)63-60(52)58)55-27-12-10-24-50(55)47-22-14-23-49(38-47)62-56-36-32-45(42-18-6-2-7-19-42)39-53(56)54-40-46(33-37-57(54)62)43-20-8-3-9-21-43/h1-40H. The van der Waals surface area contributed by atoms with Crippen LogP contribution in [-0.4, -0.2) is 4.57 Å². The van der Waals surface area contributed by atoms with E-state index in [4.69, 9.17) is 0 Å². The van der Waals surface area contributed by atoms with Crippen molar-refractivity contribution in [3.63, 3.8) is 0 Å². The Morgan fingerprint density at radius 3 is 1.48 bits per heavy atom. The minimum absolute atomic E-state index is 1.11. The van der Waals surface area contributed by atoms with Crippen LogP contribution in [0.2, 0.25) is 0 Å². The van der Waals surface area contributed by atoms with Gasteiger partial charge >= 0.3 is 0 Å². The maximum atomic E-state index is 2.46. The van der Waals surface area contributed by atoms with Crippen LogP contribution >= 0.6 is 11.3 Å². The molecule has 12 aromatic rings. The number of anilines is 3. The van der Waals surface area contributed by atoms with Crippen molar-refractivity contribution in [3.05, 3.63) is 243 Å². The molecule has 0 aliphatic rings. The third-order valence-corrected chi connectivity index (χ3v) is 13.6. The number of nitrogens with zero attached hydrogens (tertiary/aromatic N) is 2. The molecule has 0 spiro atoms. The summed E-state index contributed by atoms with van der Waals surface area (Å²) in [5.41, 5.74) is 16.4. The Morgan fingerprint density at radius 2 is 0.810 bits per heavy atom. The minimum Gasteiger partial charge on any atom is -0.309 e. The summed E-state index contributed by atoms with van der Waals surface area (Å²) in [4.78, 5) is 2.46. The zero-order chi connectivity index (χ0) is 41.7. The number of para-hydroxylation sites is 1. The number of thiophene rings is 1. The molecular weight excluding hydrogens is 781 g/mol. The van der Waals surface area contributed by atoms with Crippen molar-refractivity contribution in [2.24, 2.45) is 0 Å². The van der Waals surface area contributed by atoms with Crippen LogP contribution < -0.4 is 4.90 Å². The van der Waals surface area contributed by atoms with Crippen molar-refractivity contribution >= 4 is 70.4 Å². The lowest BCUT2D eigenvalue weighted by molar-refractivity contribution is 1.18.